The van der Waals surface area contributed by atoms with E-state index in [-0.39, 0.29) is 28.1 Å². The Kier molecular flexibility index (Phi) is 5.42. The fraction of sp³-hybridized carbons (Fsp3) is 0.200. The molecule has 0 fully saturated rings. The largest absolute Gasteiger partial charge is 0.508 e. The van der Waals surface area contributed by atoms with Crippen molar-refractivity contribution >= 4 is 27.4 Å². The minimum atomic E-state index is -4.25. The maximum Gasteiger partial charge on any atom is 0.328 e. The van der Waals surface area contributed by atoms with Crippen LogP contribution in [-0.4, -0.2) is 30.6 Å². The summed E-state index contributed by atoms with van der Waals surface area (Å²) < 4.78 is 40.5. The fourth-order valence-electron chi connectivity index (χ4n) is 1.92. The van der Waals surface area contributed by atoms with Crippen LogP contribution < -0.4 is 15.4 Å². The van der Waals surface area contributed by atoms with Crippen LogP contribution in [0.25, 0.3) is 0 Å². The number of carbonyl (C=O) groups excluding carboxylic acids is 1. The first-order valence-electron chi connectivity index (χ1n) is 7.22. The van der Waals surface area contributed by atoms with Crippen molar-refractivity contribution in [2.24, 2.45) is 0 Å². The van der Waals surface area contributed by atoms with Crippen LogP contribution in [0.2, 0.25) is 0 Å². The average Bonchev–Trinajstić information content (AvgIpc) is 2.50. The van der Waals surface area contributed by atoms with E-state index in [1.807, 2.05) is 4.72 Å². The number of sulfonamides is 1. The van der Waals surface area contributed by atoms with E-state index in [0.29, 0.717) is 0 Å². The molecule has 2 amide bonds. The lowest BCUT2D eigenvalue weighted by molar-refractivity contribution is 0.243. The molecular formula is C15H17FN4O4S. The van der Waals surface area contributed by atoms with E-state index in [0.717, 1.165) is 24.4 Å². The Morgan fingerprint density at radius 1 is 1.24 bits per heavy atom. The van der Waals surface area contributed by atoms with Crippen molar-refractivity contribution in [3.8, 4) is 5.75 Å². The van der Waals surface area contributed by atoms with Crippen molar-refractivity contribution in [3.63, 3.8) is 0 Å². The van der Waals surface area contributed by atoms with Crippen molar-refractivity contribution in [2.45, 2.75) is 24.8 Å². The molecule has 4 N–H and O–H groups in total. The maximum absolute atomic E-state index is 13.8. The molecule has 0 aliphatic carbocycles. The second-order valence-electron chi connectivity index (χ2n) is 5.39. The number of nitrogens with zero attached hydrogens (tertiary/aromatic N) is 1. The number of phenolic OH excluding ortho intramolecular Hbond substituents is 1. The number of phenols is 1. The molecule has 8 nitrogen and oxygen atoms in total. The average molecular weight is 368 g/mol. The molecule has 134 valence electrons. The zero-order chi connectivity index (χ0) is 18.6. The number of aromatic hydroxyl groups is 1. The highest BCUT2D eigenvalue weighted by atomic mass is 32.2. The zero-order valence-corrected chi connectivity index (χ0v) is 14.3. The number of pyridine rings is 1. The van der Waals surface area contributed by atoms with Crippen LogP contribution in [0, 0.1) is 5.82 Å². The highest BCUT2D eigenvalue weighted by Crippen LogP contribution is 2.27. The number of hydrogen-bond donors (Lipinski definition) is 4. The summed E-state index contributed by atoms with van der Waals surface area (Å²) in [5.41, 5.74) is -0.140. The number of halogens is 1. The molecule has 1 aromatic heterocycles. The topological polar surface area (TPSA) is 120 Å². The van der Waals surface area contributed by atoms with Gasteiger partial charge in [0.05, 0.1) is 11.4 Å². The number of hydrogen-bond acceptors (Lipinski definition) is 6. The molecule has 10 heteroatoms. The Bertz CT molecular complexity index is 887. The Labute approximate surface area is 144 Å². The predicted octanol–water partition coefficient (Wildman–Crippen LogP) is 2.07. The van der Waals surface area contributed by atoms with Crippen molar-refractivity contribution in [1.29, 1.82) is 0 Å². The standard InChI is InChI=1S/C15H17FN4O4S/c1-9(2)18-15(22)20-25(23,24)14-8-17-6-5-12(14)19-13-7-10(21)3-4-11(13)16/h3-9,21H,1-2H3,(H,17,19)(H2,18,20,22). The Balaban J connectivity index is 2.34. The summed E-state index contributed by atoms with van der Waals surface area (Å²) in [6, 6.07) is 3.43. The van der Waals surface area contributed by atoms with E-state index < -0.39 is 21.9 Å². The number of urea groups is 1. The molecule has 0 saturated heterocycles. The summed E-state index contributed by atoms with van der Waals surface area (Å²) >= 11 is 0. The van der Waals surface area contributed by atoms with Gasteiger partial charge < -0.3 is 15.7 Å². The summed E-state index contributed by atoms with van der Waals surface area (Å²) in [6.45, 7) is 3.35. The van der Waals surface area contributed by atoms with Crippen molar-refractivity contribution in [2.75, 3.05) is 5.32 Å². The van der Waals surface area contributed by atoms with Gasteiger partial charge in [-0.3, -0.25) is 4.98 Å². The molecule has 0 atom stereocenters. The van der Waals surface area contributed by atoms with Gasteiger partial charge in [-0.2, -0.15) is 0 Å². The molecule has 2 aromatic rings. The molecule has 1 aromatic carbocycles. The van der Waals surface area contributed by atoms with Gasteiger partial charge in [0.1, 0.15) is 16.5 Å². The molecular weight excluding hydrogens is 351 g/mol. The maximum atomic E-state index is 13.8. The quantitative estimate of drug-likeness (QED) is 0.641. The van der Waals surface area contributed by atoms with E-state index in [9.17, 15) is 22.7 Å². The van der Waals surface area contributed by atoms with Gasteiger partial charge in [0.2, 0.25) is 0 Å². The first-order valence-corrected chi connectivity index (χ1v) is 8.70. The van der Waals surface area contributed by atoms with Gasteiger partial charge >= 0.3 is 6.03 Å². The molecule has 1 heterocycles. The highest BCUT2D eigenvalue weighted by molar-refractivity contribution is 7.90. The van der Waals surface area contributed by atoms with Gasteiger partial charge in [-0.05, 0) is 32.0 Å². The van der Waals surface area contributed by atoms with Crippen LogP contribution in [-0.2, 0) is 10.0 Å². The lowest BCUT2D eigenvalue weighted by Gasteiger charge is -2.14. The SMILES string of the molecule is CC(C)NC(=O)NS(=O)(=O)c1cnccc1Nc1cc(O)ccc1F. The molecule has 0 aliphatic rings. The first kappa shape index (κ1) is 18.5. The Morgan fingerprint density at radius 2 is 1.96 bits per heavy atom. The minimum absolute atomic E-state index is 0.00986. The Hall–Kier alpha value is -2.88. The van der Waals surface area contributed by atoms with Gasteiger partial charge in [0, 0.05) is 24.5 Å². The van der Waals surface area contributed by atoms with Crippen molar-refractivity contribution in [1.82, 2.24) is 15.0 Å². The number of carbonyl (C=O) groups is 1. The summed E-state index contributed by atoms with van der Waals surface area (Å²) in [7, 11) is -4.25. The van der Waals surface area contributed by atoms with Crippen molar-refractivity contribution < 1.29 is 22.7 Å². The van der Waals surface area contributed by atoms with Gasteiger partial charge in [0.25, 0.3) is 10.0 Å². The third-order valence-electron chi connectivity index (χ3n) is 2.94. The number of rotatable bonds is 5. The van der Waals surface area contributed by atoms with Gasteiger partial charge in [-0.1, -0.05) is 0 Å². The number of nitrogens with one attached hydrogen (secondary N) is 3. The second kappa shape index (κ2) is 7.34. The van der Waals surface area contributed by atoms with Gasteiger partial charge in [0.15, 0.2) is 0 Å². The lowest BCUT2D eigenvalue weighted by Crippen LogP contribution is -2.42. The second-order valence-corrected chi connectivity index (χ2v) is 7.05. The first-order chi connectivity index (χ1) is 11.7. The van der Waals surface area contributed by atoms with Gasteiger partial charge in [-0.15, -0.1) is 0 Å². The third-order valence-corrected chi connectivity index (χ3v) is 4.30. The summed E-state index contributed by atoms with van der Waals surface area (Å²) in [6.07, 6.45) is 2.32. The molecule has 0 saturated carbocycles. The van der Waals surface area contributed by atoms with Crippen LogP contribution in [0.4, 0.5) is 20.6 Å². The summed E-state index contributed by atoms with van der Waals surface area (Å²) in [4.78, 5) is 15.1. The number of aromatic nitrogens is 1. The number of amides is 2. The predicted molar refractivity (Wildman–Crippen MR) is 89.6 cm³/mol. The van der Waals surface area contributed by atoms with Crippen LogP contribution in [0.3, 0.4) is 0 Å². The lowest BCUT2D eigenvalue weighted by atomic mass is 10.2. The van der Waals surface area contributed by atoms with E-state index >= 15 is 0 Å². The molecule has 25 heavy (non-hydrogen) atoms. The molecule has 0 aliphatic heterocycles. The zero-order valence-electron chi connectivity index (χ0n) is 13.4. The molecule has 0 radical (unpaired) electrons. The fourth-order valence-corrected chi connectivity index (χ4v) is 2.94. The Morgan fingerprint density at radius 3 is 2.64 bits per heavy atom. The molecule has 0 bridgehead atoms. The van der Waals surface area contributed by atoms with E-state index in [2.05, 4.69) is 15.6 Å². The van der Waals surface area contributed by atoms with E-state index in [4.69, 9.17) is 0 Å². The monoisotopic (exact) mass is 368 g/mol. The minimum Gasteiger partial charge on any atom is -0.508 e. The van der Waals surface area contributed by atoms with Crippen LogP contribution in [0.1, 0.15) is 13.8 Å². The van der Waals surface area contributed by atoms with Crippen LogP contribution in [0.5, 0.6) is 5.75 Å². The summed E-state index contributed by atoms with van der Waals surface area (Å²) in [5.74, 6) is -0.889. The molecule has 2 rings (SSSR count). The number of anilines is 2. The van der Waals surface area contributed by atoms with E-state index in [1.165, 1.54) is 12.3 Å². The highest BCUT2D eigenvalue weighted by Gasteiger charge is 2.22. The number of benzene rings is 1. The van der Waals surface area contributed by atoms with Crippen LogP contribution >= 0.6 is 0 Å². The molecule has 0 unspecified atom stereocenters. The van der Waals surface area contributed by atoms with Gasteiger partial charge in [-0.25, -0.2) is 22.3 Å². The smallest absolute Gasteiger partial charge is 0.328 e. The third kappa shape index (κ3) is 4.80. The normalized spacial score (nSPS) is 11.2. The van der Waals surface area contributed by atoms with Crippen molar-refractivity contribution in [3.05, 3.63) is 42.5 Å². The van der Waals surface area contributed by atoms with Crippen LogP contribution in [0.15, 0.2) is 41.6 Å². The van der Waals surface area contributed by atoms with E-state index in [1.54, 1.807) is 13.8 Å². The summed E-state index contributed by atoms with van der Waals surface area (Å²) in [5, 5.41) is 14.4. The molecule has 0 spiro atoms.